The van der Waals surface area contributed by atoms with Crippen LogP contribution in [0.3, 0.4) is 0 Å². The van der Waals surface area contributed by atoms with Gasteiger partial charge in [-0.2, -0.15) is 0 Å². The van der Waals surface area contributed by atoms with Crippen molar-refractivity contribution in [3.05, 3.63) is 64.6 Å². The fraction of sp³-hybridized carbons (Fsp3) is 0.0667. The Kier molecular flexibility index (Phi) is 3.76. The summed E-state index contributed by atoms with van der Waals surface area (Å²) in [5.74, 6) is 0.509. The molecule has 0 fully saturated rings. The molecule has 3 rings (SSSR count). The summed E-state index contributed by atoms with van der Waals surface area (Å²) in [5.41, 5.74) is 2.30. The molecule has 100 valence electrons. The first-order chi connectivity index (χ1) is 9.70. The zero-order chi connectivity index (χ0) is 14.1. The van der Waals surface area contributed by atoms with E-state index in [1.165, 1.54) is 0 Å². The standard InChI is InChI=1S/C15H10ClIN2O/c16-11-7-5-10(6-8-11)15-12-3-1-2-4-13(12)18-14(9-17)19(15)20/h1-8H,9H2. The molecule has 3 aromatic rings. The zero-order valence-electron chi connectivity index (χ0n) is 10.4. The molecule has 0 atom stereocenters. The van der Waals surface area contributed by atoms with E-state index in [0.717, 1.165) is 21.2 Å². The molecule has 20 heavy (non-hydrogen) atoms. The summed E-state index contributed by atoms with van der Waals surface area (Å²) in [6.45, 7) is 0. The Labute approximate surface area is 134 Å². The van der Waals surface area contributed by atoms with Crippen LogP contribution >= 0.6 is 34.2 Å². The van der Waals surface area contributed by atoms with Gasteiger partial charge in [-0.3, -0.25) is 0 Å². The molecule has 2 aromatic carbocycles. The second-order valence-electron chi connectivity index (χ2n) is 4.33. The van der Waals surface area contributed by atoms with Crippen LogP contribution in [-0.2, 0) is 4.43 Å². The highest BCUT2D eigenvalue weighted by Crippen LogP contribution is 2.26. The minimum Gasteiger partial charge on any atom is -0.710 e. The number of hydrogen-bond donors (Lipinski definition) is 0. The molecular weight excluding hydrogens is 387 g/mol. The summed E-state index contributed by atoms with van der Waals surface area (Å²) >= 11 is 8.07. The summed E-state index contributed by atoms with van der Waals surface area (Å²) in [4.78, 5) is 4.41. The van der Waals surface area contributed by atoms with Crippen LogP contribution in [0.15, 0.2) is 48.5 Å². The Balaban J connectivity index is 2.37. The molecule has 0 aliphatic heterocycles. The van der Waals surface area contributed by atoms with E-state index in [-0.39, 0.29) is 0 Å². The fourth-order valence-electron chi connectivity index (χ4n) is 2.16. The number of hydrogen-bond acceptors (Lipinski definition) is 2. The maximum Gasteiger partial charge on any atom is 0.312 e. The van der Waals surface area contributed by atoms with Gasteiger partial charge in [0.2, 0.25) is 0 Å². The first-order valence-corrected chi connectivity index (χ1v) is 7.94. The summed E-state index contributed by atoms with van der Waals surface area (Å²) in [7, 11) is 0. The van der Waals surface area contributed by atoms with Gasteiger partial charge in [0.05, 0.1) is 5.39 Å². The highest BCUT2D eigenvalue weighted by molar-refractivity contribution is 14.1. The van der Waals surface area contributed by atoms with Crippen LogP contribution in [0.4, 0.5) is 0 Å². The van der Waals surface area contributed by atoms with Gasteiger partial charge in [-0.05, 0) is 41.4 Å². The van der Waals surface area contributed by atoms with Crippen LogP contribution in [0.1, 0.15) is 5.82 Å². The summed E-state index contributed by atoms with van der Waals surface area (Å²) in [5, 5.41) is 14.0. The number of nitrogens with zero attached hydrogens (tertiary/aromatic N) is 2. The second kappa shape index (κ2) is 5.54. The highest BCUT2D eigenvalue weighted by Gasteiger charge is 2.18. The summed E-state index contributed by atoms with van der Waals surface area (Å²) in [6, 6.07) is 15.0. The van der Waals surface area contributed by atoms with Gasteiger partial charge in [0, 0.05) is 10.6 Å². The third-order valence-electron chi connectivity index (χ3n) is 3.08. The van der Waals surface area contributed by atoms with Crippen molar-refractivity contribution >= 4 is 45.1 Å². The van der Waals surface area contributed by atoms with Crippen LogP contribution in [-0.4, -0.2) is 4.98 Å². The van der Waals surface area contributed by atoms with Crippen molar-refractivity contribution in [2.75, 3.05) is 0 Å². The Bertz CT molecular complexity index is 775. The van der Waals surface area contributed by atoms with Gasteiger partial charge in [0.1, 0.15) is 10.1 Å². The van der Waals surface area contributed by atoms with Gasteiger partial charge in [-0.25, -0.2) is 4.73 Å². The topological polar surface area (TPSA) is 39.8 Å². The van der Waals surface area contributed by atoms with Gasteiger partial charge in [-0.1, -0.05) is 46.3 Å². The predicted octanol–water partition coefficient (Wildman–Crippen LogP) is 4.12. The molecular formula is C15H10ClIN2O. The molecule has 0 bridgehead atoms. The van der Waals surface area contributed by atoms with E-state index < -0.39 is 0 Å². The molecule has 0 saturated heterocycles. The number of halogens is 2. The van der Waals surface area contributed by atoms with Crippen LogP contribution in [0, 0.1) is 5.21 Å². The number of alkyl halides is 1. The Morgan fingerprint density at radius 1 is 1.10 bits per heavy atom. The van der Waals surface area contributed by atoms with E-state index in [0.29, 0.717) is 21.0 Å². The Morgan fingerprint density at radius 3 is 2.50 bits per heavy atom. The quantitative estimate of drug-likeness (QED) is 0.283. The smallest absolute Gasteiger partial charge is 0.312 e. The molecule has 5 heteroatoms. The second-order valence-corrected chi connectivity index (χ2v) is 5.53. The van der Waals surface area contributed by atoms with Crippen molar-refractivity contribution in [2.45, 2.75) is 4.43 Å². The molecule has 0 radical (unpaired) electrons. The van der Waals surface area contributed by atoms with Crippen molar-refractivity contribution in [3.63, 3.8) is 0 Å². The monoisotopic (exact) mass is 396 g/mol. The summed E-state index contributed by atoms with van der Waals surface area (Å²) < 4.78 is 1.48. The molecule has 1 aromatic heterocycles. The molecule has 0 N–H and O–H groups in total. The van der Waals surface area contributed by atoms with Crippen LogP contribution in [0.5, 0.6) is 0 Å². The lowest BCUT2D eigenvalue weighted by molar-refractivity contribution is -0.603. The maximum absolute atomic E-state index is 12.5. The number of fused-ring (bicyclic) bond motifs is 1. The molecule has 1 heterocycles. The molecule has 3 nitrogen and oxygen atoms in total. The van der Waals surface area contributed by atoms with Crippen molar-refractivity contribution < 1.29 is 4.73 Å². The largest absolute Gasteiger partial charge is 0.710 e. The minimum absolute atomic E-state index is 0.509. The van der Waals surface area contributed by atoms with Gasteiger partial charge in [-0.15, -0.1) is 0 Å². The van der Waals surface area contributed by atoms with E-state index in [4.69, 9.17) is 11.6 Å². The fourth-order valence-corrected chi connectivity index (χ4v) is 2.77. The van der Waals surface area contributed by atoms with E-state index >= 15 is 0 Å². The molecule has 0 aliphatic rings. The third kappa shape index (κ3) is 2.33. The van der Waals surface area contributed by atoms with Crippen molar-refractivity contribution in [1.29, 1.82) is 0 Å². The summed E-state index contributed by atoms with van der Waals surface area (Å²) in [6.07, 6.45) is 0. The lowest BCUT2D eigenvalue weighted by Gasteiger charge is -2.13. The van der Waals surface area contributed by atoms with E-state index in [1.54, 1.807) is 12.1 Å². The molecule has 0 amide bonds. The van der Waals surface area contributed by atoms with Crippen LogP contribution in [0.25, 0.3) is 22.2 Å². The van der Waals surface area contributed by atoms with E-state index in [1.807, 2.05) is 36.4 Å². The third-order valence-corrected chi connectivity index (χ3v) is 4.02. The number of aromatic nitrogens is 2. The van der Waals surface area contributed by atoms with E-state index in [2.05, 4.69) is 27.6 Å². The molecule has 0 aliphatic carbocycles. The molecule has 0 unspecified atom stereocenters. The highest BCUT2D eigenvalue weighted by atomic mass is 127. The van der Waals surface area contributed by atoms with Gasteiger partial charge < -0.3 is 5.21 Å². The van der Waals surface area contributed by atoms with Gasteiger partial charge in [0.15, 0.2) is 5.52 Å². The SMILES string of the molecule is [O-][n+]1c(CI)nc2ccccc2c1-c1ccc(Cl)cc1. The van der Waals surface area contributed by atoms with E-state index in [9.17, 15) is 5.21 Å². The first-order valence-electron chi connectivity index (χ1n) is 6.04. The Hall–Kier alpha value is -1.40. The number of benzene rings is 2. The van der Waals surface area contributed by atoms with Crippen LogP contribution < -0.4 is 4.73 Å². The maximum atomic E-state index is 12.5. The molecule has 0 saturated carbocycles. The normalized spacial score (nSPS) is 10.9. The molecule has 0 spiro atoms. The lowest BCUT2D eigenvalue weighted by Crippen LogP contribution is -2.35. The average molecular weight is 397 g/mol. The van der Waals surface area contributed by atoms with Crippen molar-refractivity contribution in [2.24, 2.45) is 0 Å². The minimum atomic E-state index is 0.509. The number of para-hydroxylation sites is 1. The predicted molar refractivity (Wildman–Crippen MR) is 88.9 cm³/mol. The van der Waals surface area contributed by atoms with Crippen molar-refractivity contribution in [3.8, 4) is 11.3 Å². The van der Waals surface area contributed by atoms with Crippen molar-refractivity contribution in [1.82, 2.24) is 4.98 Å². The first kappa shape index (κ1) is 13.6. The average Bonchev–Trinajstić information content (AvgIpc) is 2.48. The lowest BCUT2D eigenvalue weighted by atomic mass is 10.1. The van der Waals surface area contributed by atoms with Gasteiger partial charge >= 0.3 is 5.82 Å². The Morgan fingerprint density at radius 2 is 1.80 bits per heavy atom. The number of rotatable bonds is 2. The zero-order valence-corrected chi connectivity index (χ0v) is 13.3. The van der Waals surface area contributed by atoms with Crippen LogP contribution in [0.2, 0.25) is 5.02 Å². The van der Waals surface area contributed by atoms with Gasteiger partial charge in [0.25, 0.3) is 0 Å².